The van der Waals surface area contributed by atoms with Crippen molar-refractivity contribution in [2.24, 2.45) is 0 Å². The van der Waals surface area contributed by atoms with Gasteiger partial charge in [-0.2, -0.15) is 0 Å². The van der Waals surface area contributed by atoms with E-state index in [0.717, 1.165) is 30.2 Å². The smallest absolute Gasteiger partial charge is 0.408 e. The van der Waals surface area contributed by atoms with Crippen molar-refractivity contribution in [3.05, 3.63) is 42.1 Å². The predicted molar refractivity (Wildman–Crippen MR) is 174 cm³/mol. The number of amides is 2. The zero-order valence-corrected chi connectivity index (χ0v) is 28.3. The summed E-state index contributed by atoms with van der Waals surface area (Å²) in [5.74, 6) is -0.332. The van der Waals surface area contributed by atoms with Crippen LogP contribution in [0.15, 0.2) is 30.9 Å². The fourth-order valence-corrected chi connectivity index (χ4v) is 6.23. The molecule has 0 bridgehead atoms. The molecule has 0 saturated carbocycles. The number of nitrogens with one attached hydrogen (secondary N) is 1. The molecule has 12 nitrogen and oxygen atoms in total. The first-order chi connectivity index (χ1) is 22.3. The van der Waals surface area contributed by atoms with Gasteiger partial charge in [0.2, 0.25) is 5.91 Å². The van der Waals surface area contributed by atoms with Crippen molar-refractivity contribution in [1.29, 1.82) is 0 Å². The van der Waals surface area contributed by atoms with Crippen LogP contribution in [-0.4, -0.2) is 77.9 Å². The van der Waals surface area contributed by atoms with Crippen LogP contribution < -0.4 is 14.8 Å². The summed E-state index contributed by atoms with van der Waals surface area (Å²) < 4.78 is 28.2. The van der Waals surface area contributed by atoms with E-state index in [1.54, 1.807) is 27.9 Å². The number of benzene rings is 1. The Balaban J connectivity index is 1.67. The second-order valence-electron chi connectivity index (χ2n) is 13.1. The lowest BCUT2D eigenvalue weighted by atomic mass is 9.87. The molecule has 12 heteroatoms. The molecule has 2 amide bonds. The van der Waals surface area contributed by atoms with Crippen LogP contribution in [0.1, 0.15) is 83.9 Å². The van der Waals surface area contributed by atoms with Crippen LogP contribution >= 0.6 is 0 Å². The summed E-state index contributed by atoms with van der Waals surface area (Å²) in [5.41, 5.74) is 0.302. The minimum atomic E-state index is -0.957. The van der Waals surface area contributed by atoms with Gasteiger partial charge in [-0.05, 0) is 71.1 Å². The first-order valence-corrected chi connectivity index (χ1v) is 16.1. The molecule has 3 atom stereocenters. The highest BCUT2D eigenvalue weighted by Gasteiger charge is 2.53. The van der Waals surface area contributed by atoms with Crippen LogP contribution in [0, 0.1) is 0 Å². The van der Waals surface area contributed by atoms with Gasteiger partial charge in [-0.25, -0.2) is 14.6 Å². The van der Waals surface area contributed by atoms with Gasteiger partial charge in [-0.1, -0.05) is 18.9 Å². The first kappa shape index (κ1) is 35.5. The van der Waals surface area contributed by atoms with E-state index in [-0.39, 0.29) is 19.6 Å². The van der Waals surface area contributed by atoms with E-state index in [4.69, 9.17) is 28.7 Å². The number of fused-ring (bicyclic) bond motifs is 3. The quantitative estimate of drug-likeness (QED) is 0.141. The zero-order chi connectivity index (χ0) is 34.4. The van der Waals surface area contributed by atoms with E-state index in [1.807, 2.05) is 24.3 Å². The maximum absolute atomic E-state index is 14.3. The van der Waals surface area contributed by atoms with E-state index in [1.165, 1.54) is 18.9 Å². The zero-order valence-electron chi connectivity index (χ0n) is 28.3. The van der Waals surface area contributed by atoms with Gasteiger partial charge in [0.25, 0.3) is 0 Å². The molecule has 256 valence electrons. The van der Waals surface area contributed by atoms with Crippen molar-refractivity contribution in [3.8, 4) is 11.5 Å². The van der Waals surface area contributed by atoms with E-state index in [9.17, 15) is 19.2 Å². The number of likely N-dealkylation sites (tertiary alicyclic amines) is 1. The van der Waals surface area contributed by atoms with Crippen molar-refractivity contribution < 1.29 is 42.9 Å². The molecule has 1 spiro atoms. The van der Waals surface area contributed by atoms with E-state index in [0.29, 0.717) is 48.4 Å². The number of hydrogen-bond donors (Lipinski definition) is 1. The van der Waals surface area contributed by atoms with Gasteiger partial charge < -0.3 is 33.9 Å². The number of unbranched alkanes of at least 4 members (excludes halogenated alkanes) is 3. The number of carbonyl (C=O) groups is 4. The summed E-state index contributed by atoms with van der Waals surface area (Å²) >= 11 is 0. The first-order valence-electron chi connectivity index (χ1n) is 16.1. The van der Waals surface area contributed by atoms with E-state index >= 15 is 0 Å². The lowest BCUT2D eigenvalue weighted by Crippen LogP contribution is -2.53. The number of alkyl carbamates (subject to hydrolysis) is 1. The van der Waals surface area contributed by atoms with Crippen LogP contribution in [0.25, 0.3) is 10.9 Å². The van der Waals surface area contributed by atoms with Gasteiger partial charge in [0.1, 0.15) is 47.1 Å². The number of hydrogen-bond acceptors (Lipinski definition) is 10. The van der Waals surface area contributed by atoms with Crippen molar-refractivity contribution >= 4 is 34.8 Å². The van der Waals surface area contributed by atoms with Crippen LogP contribution in [0.5, 0.6) is 11.5 Å². The normalized spacial score (nSPS) is 19.4. The van der Waals surface area contributed by atoms with Crippen LogP contribution in [0.3, 0.4) is 0 Å². The number of ether oxygens (including phenoxy) is 5. The van der Waals surface area contributed by atoms with E-state index in [2.05, 4.69) is 11.9 Å². The summed E-state index contributed by atoms with van der Waals surface area (Å²) in [6.07, 6.45) is 5.99. The molecule has 3 heterocycles. The topological polar surface area (TPSA) is 143 Å². The molecule has 1 unspecified atom stereocenters. The standard InChI is InChI=1S/C35H47N3O9/c1-8-9-10-11-12-13-27(37-33(42)47-34(3,4)5)31(40)38-21-35(19-29(38)32(41)44-7)17-16-24-25-18-23(43-6)14-15-26(25)36-28(30(24)46-35)20-45-22(2)39/h8,14-15,18,27,29H,1,9-13,16-17,19-21H2,2-7H3,(H,37,42)/t27-,29-,35?/m0/s1. The second kappa shape index (κ2) is 15.0. The van der Waals surface area contributed by atoms with Gasteiger partial charge in [0.15, 0.2) is 0 Å². The lowest BCUT2D eigenvalue weighted by molar-refractivity contribution is -0.151. The van der Waals surface area contributed by atoms with Gasteiger partial charge in [0.05, 0.1) is 26.3 Å². The average molecular weight is 654 g/mol. The van der Waals surface area contributed by atoms with Crippen molar-refractivity contribution in [3.63, 3.8) is 0 Å². The molecule has 0 radical (unpaired) electrons. The number of esters is 2. The van der Waals surface area contributed by atoms with Crippen LogP contribution in [0.4, 0.5) is 4.79 Å². The van der Waals surface area contributed by atoms with Crippen LogP contribution in [0.2, 0.25) is 0 Å². The Morgan fingerprint density at radius 2 is 1.96 bits per heavy atom. The summed E-state index contributed by atoms with van der Waals surface area (Å²) in [6, 6.07) is 3.68. The third-order valence-corrected chi connectivity index (χ3v) is 8.43. The molecular formula is C35H47N3O9. The minimum Gasteiger partial charge on any atom is -0.497 e. The number of allylic oxidation sites excluding steroid dienone is 1. The molecule has 1 fully saturated rings. The highest BCUT2D eigenvalue weighted by Crippen LogP contribution is 2.45. The van der Waals surface area contributed by atoms with Crippen molar-refractivity contribution in [2.75, 3.05) is 20.8 Å². The van der Waals surface area contributed by atoms with Crippen LogP contribution in [-0.2, 0) is 41.6 Å². The number of pyridine rings is 1. The monoisotopic (exact) mass is 653 g/mol. The molecule has 0 aliphatic carbocycles. The predicted octanol–water partition coefficient (Wildman–Crippen LogP) is 5.17. The number of carbonyl (C=O) groups excluding carboxylic acids is 4. The number of methoxy groups -OCH3 is 2. The second-order valence-corrected chi connectivity index (χ2v) is 13.1. The Kier molecular flexibility index (Phi) is 11.4. The largest absolute Gasteiger partial charge is 0.497 e. The van der Waals surface area contributed by atoms with Gasteiger partial charge >= 0.3 is 18.0 Å². The van der Waals surface area contributed by atoms with Crippen molar-refractivity contribution in [2.45, 2.75) is 109 Å². The van der Waals surface area contributed by atoms with E-state index < -0.39 is 47.2 Å². The Morgan fingerprint density at radius 3 is 2.62 bits per heavy atom. The van der Waals surface area contributed by atoms with Crippen molar-refractivity contribution in [1.82, 2.24) is 15.2 Å². The number of rotatable bonds is 12. The molecule has 2 aliphatic heterocycles. The molecular weight excluding hydrogens is 606 g/mol. The molecule has 1 aromatic carbocycles. The van der Waals surface area contributed by atoms with Gasteiger partial charge in [0, 0.05) is 24.3 Å². The Bertz CT molecular complexity index is 1500. The molecule has 1 N–H and O–H groups in total. The summed E-state index contributed by atoms with van der Waals surface area (Å²) in [7, 11) is 2.87. The Morgan fingerprint density at radius 1 is 1.19 bits per heavy atom. The molecule has 1 aromatic heterocycles. The molecule has 2 aliphatic rings. The SMILES string of the molecule is C=CCCCCC[C@H](NC(=O)OC(C)(C)C)C(=O)N1CC2(CCc3c(c(COC(C)=O)nc4ccc(OC)cc34)O2)C[C@H]1C(=O)OC. The number of aryl methyl sites for hydroxylation is 1. The summed E-state index contributed by atoms with van der Waals surface area (Å²) in [5, 5.41) is 3.60. The highest BCUT2D eigenvalue weighted by atomic mass is 16.6. The minimum absolute atomic E-state index is 0.0805. The summed E-state index contributed by atoms with van der Waals surface area (Å²) in [4.78, 5) is 58.2. The number of aromatic nitrogens is 1. The third kappa shape index (κ3) is 8.72. The third-order valence-electron chi connectivity index (χ3n) is 8.43. The Labute approximate surface area is 276 Å². The molecule has 2 aromatic rings. The lowest BCUT2D eigenvalue weighted by Gasteiger charge is -2.37. The fourth-order valence-electron chi connectivity index (χ4n) is 6.23. The molecule has 4 rings (SSSR count). The summed E-state index contributed by atoms with van der Waals surface area (Å²) in [6.45, 7) is 10.3. The van der Waals surface area contributed by atoms with Gasteiger partial charge in [-0.15, -0.1) is 6.58 Å². The molecule has 47 heavy (non-hydrogen) atoms. The fraction of sp³-hybridized carbons (Fsp3) is 0.571. The average Bonchev–Trinajstić information content (AvgIpc) is 3.39. The Hall–Kier alpha value is -4.35. The maximum atomic E-state index is 14.3. The molecule has 1 saturated heterocycles. The highest BCUT2D eigenvalue weighted by molar-refractivity contribution is 5.91. The maximum Gasteiger partial charge on any atom is 0.408 e. The van der Waals surface area contributed by atoms with Gasteiger partial charge in [-0.3, -0.25) is 9.59 Å². The number of nitrogens with zero attached hydrogens (tertiary/aromatic N) is 2.